The number of ether oxygens (including phenoxy) is 1. The number of likely N-dealkylation sites (tertiary alicyclic amines) is 1. The third kappa shape index (κ3) is 4.91. The van der Waals surface area contributed by atoms with Crippen molar-refractivity contribution in [2.24, 2.45) is 0 Å². The number of carbonyl (C=O) groups is 1. The smallest absolute Gasteiger partial charge is 0.410 e. The molecule has 0 saturated carbocycles. The van der Waals surface area contributed by atoms with Crippen LogP contribution in [0.15, 0.2) is 0 Å². The highest BCUT2D eigenvalue weighted by molar-refractivity contribution is 5.68. The second-order valence-electron chi connectivity index (χ2n) is 5.64. The van der Waals surface area contributed by atoms with Crippen molar-refractivity contribution in [2.45, 2.75) is 51.7 Å². The van der Waals surface area contributed by atoms with Gasteiger partial charge in [-0.1, -0.05) is 0 Å². The fourth-order valence-electron chi connectivity index (χ4n) is 2.03. The largest absolute Gasteiger partial charge is 0.444 e. The van der Waals surface area contributed by atoms with Gasteiger partial charge in [-0.25, -0.2) is 4.79 Å². The van der Waals surface area contributed by atoms with Gasteiger partial charge >= 0.3 is 6.09 Å². The number of rotatable bonds is 3. The summed E-state index contributed by atoms with van der Waals surface area (Å²) in [7, 11) is 1.62. The van der Waals surface area contributed by atoms with E-state index in [4.69, 9.17) is 9.94 Å². The third-order valence-electron chi connectivity index (χ3n) is 2.79. The van der Waals surface area contributed by atoms with Crippen molar-refractivity contribution >= 4 is 6.09 Å². The van der Waals surface area contributed by atoms with Crippen molar-refractivity contribution < 1.29 is 14.7 Å². The van der Waals surface area contributed by atoms with Gasteiger partial charge in [-0.3, -0.25) is 0 Å². The molecule has 1 N–H and O–H groups in total. The van der Waals surface area contributed by atoms with Crippen molar-refractivity contribution in [2.75, 3.05) is 20.1 Å². The lowest BCUT2D eigenvalue weighted by Gasteiger charge is -2.29. The van der Waals surface area contributed by atoms with E-state index in [1.807, 2.05) is 20.8 Å². The molecule has 5 heteroatoms. The quantitative estimate of drug-likeness (QED) is 0.772. The van der Waals surface area contributed by atoms with Gasteiger partial charge < -0.3 is 14.8 Å². The van der Waals surface area contributed by atoms with Gasteiger partial charge in [0, 0.05) is 26.2 Å². The minimum absolute atomic E-state index is 0.194. The standard InChI is InChI=1S/C12H24N2O3/c1-12(2,3)17-11(15)14-8-5-6-10(14)7-9-13(4)16/h10,16H,5-9H2,1-4H3. The Hall–Kier alpha value is -0.810. The van der Waals surface area contributed by atoms with E-state index in [0.29, 0.717) is 6.54 Å². The zero-order valence-electron chi connectivity index (χ0n) is 11.3. The van der Waals surface area contributed by atoms with E-state index in [2.05, 4.69) is 0 Å². The maximum atomic E-state index is 11.9. The molecule has 1 atom stereocenters. The van der Waals surface area contributed by atoms with Gasteiger partial charge in [-0.2, -0.15) is 5.06 Å². The molecule has 0 aromatic carbocycles. The minimum Gasteiger partial charge on any atom is -0.444 e. The van der Waals surface area contributed by atoms with Gasteiger partial charge in [0.15, 0.2) is 0 Å². The van der Waals surface area contributed by atoms with E-state index in [1.165, 1.54) is 0 Å². The fourth-order valence-corrected chi connectivity index (χ4v) is 2.03. The number of hydrogen-bond donors (Lipinski definition) is 1. The van der Waals surface area contributed by atoms with Crippen LogP contribution >= 0.6 is 0 Å². The SMILES string of the molecule is CN(O)CCC1CCCN1C(=O)OC(C)(C)C. The van der Waals surface area contributed by atoms with Gasteiger partial charge in [0.25, 0.3) is 0 Å². The first-order chi connectivity index (χ1) is 7.79. The van der Waals surface area contributed by atoms with Crippen LogP contribution in [-0.2, 0) is 4.74 Å². The summed E-state index contributed by atoms with van der Waals surface area (Å²) in [5.41, 5.74) is -0.446. The van der Waals surface area contributed by atoms with E-state index in [0.717, 1.165) is 30.9 Å². The zero-order valence-corrected chi connectivity index (χ0v) is 11.3. The summed E-state index contributed by atoms with van der Waals surface area (Å²) < 4.78 is 5.37. The first-order valence-corrected chi connectivity index (χ1v) is 6.19. The van der Waals surface area contributed by atoms with Crippen molar-refractivity contribution in [1.29, 1.82) is 0 Å². The maximum Gasteiger partial charge on any atom is 0.410 e. The number of amides is 1. The van der Waals surface area contributed by atoms with Gasteiger partial charge in [0.1, 0.15) is 5.60 Å². The second-order valence-corrected chi connectivity index (χ2v) is 5.64. The molecular weight excluding hydrogens is 220 g/mol. The molecule has 1 unspecified atom stereocenters. The number of hydrogen-bond acceptors (Lipinski definition) is 4. The highest BCUT2D eigenvalue weighted by Crippen LogP contribution is 2.22. The van der Waals surface area contributed by atoms with Gasteiger partial charge in [-0.15, -0.1) is 0 Å². The monoisotopic (exact) mass is 244 g/mol. The summed E-state index contributed by atoms with van der Waals surface area (Å²) in [5.74, 6) is 0. The topological polar surface area (TPSA) is 53.0 Å². The lowest BCUT2D eigenvalue weighted by molar-refractivity contribution is -0.0691. The van der Waals surface area contributed by atoms with Gasteiger partial charge in [0.2, 0.25) is 0 Å². The van der Waals surface area contributed by atoms with Crippen LogP contribution in [0.25, 0.3) is 0 Å². The summed E-state index contributed by atoms with van der Waals surface area (Å²) in [6, 6.07) is 0.194. The van der Waals surface area contributed by atoms with Crippen LogP contribution in [0.1, 0.15) is 40.0 Å². The van der Waals surface area contributed by atoms with Crippen LogP contribution in [0.4, 0.5) is 4.79 Å². The summed E-state index contributed by atoms with van der Waals surface area (Å²) in [4.78, 5) is 13.7. The molecule has 1 fully saturated rings. The summed E-state index contributed by atoms with van der Waals surface area (Å²) in [5, 5.41) is 10.3. The Kier molecular flexibility index (Phi) is 4.77. The van der Waals surface area contributed by atoms with E-state index in [9.17, 15) is 4.79 Å². The molecule has 1 rings (SSSR count). The first-order valence-electron chi connectivity index (χ1n) is 6.19. The maximum absolute atomic E-state index is 11.9. The Morgan fingerprint density at radius 1 is 1.53 bits per heavy atom. The van der Waals surface area contributed by atoms with Crippen molar-refractivity contribution in [1.82, 2.24) is 9.96 Å². The van der Waals surface area contributed by atoms with Gasteiger partial charge in [0.05, 0.1) is 0 Å². The van der Waals surface area contributed by atoms with Gasteiger partial charge in [-0.05, 0) is 40.0 Å². The number of carbonyl (C=O) groups excluding carboxylic acids is 1. The predicted octanol–water partition coefficient (Wildman–Crippen LogP) is 2.10. The molecule has 1 aliphatic heterocycles. The van der Waals surface area contributed by atoms with Crippen molar-refractivity contribution in [3.8, 4) is 0 Å². The number of nitrogens with zero attached hydrogens (tertiary/aromatic N) is 2. The Balaban J connectivity index is 2.48. The number of hydroxylamine groups is 2. The van der Waals surface area contributed by atoms with Crippen molar-refractivity contribution in [3.05, 3.63) is 0 Å². The first kappa shape index (κ1) is 14.3. The molecule has 0 aromatic rings. The van der Waals surface area contributed by atoms with Crippen LogP contribution in [0.3, 0.4) is 0 Å². The molecule has 100 valence electrons. The molecule has 0 bridgehead atoms. The Bertz CT molecular complexity index is 261. The van der Waals surface area contributed by atoms with Crippen LogP contribution in [-0.4, -0.2) is 53.0 Å². The lowest BCUT2D eigenvalue weighted by Crippen LogP contribution is -2.40. The summed E-state index contributed by atoms with van der Waals surface area (Å²) in [6.45, 7) is 6.95. The molecule has 5 nitrogen and oxygen atoms in total. The van der Waals surface area contributed by atoms with E-state index < -0.39 is 5.60 Å². The molecule has 17 heavy (non-hydrogen) atoms. The van der Waals surface area contributed by atoms with E-state index in [1.54, 1.807) is 11.9 Å². The molecule has 1 aliphatic rings. The highest BCUT2D eigenvalue weighted by Gasteiger charge is 2.31. The highest BCUT2D eigenvalue weighted by atomic mass is 16.6. The molecular formula is C12H24N2O3. The molecule has 0 aromatic heterocycles. The Morgan fingerprint density at radius 2 is 2.18 bits per heavy atom. The molecule has 1 heterocycles. The third-order valence-corrected chi connectivity index (χ3v) is 2.79. The van der Waals surface area contributed by atoms with Crippen LogP contribution < -0.4 is 0 Å². The molecule has 0 radical (unpaired) electrons. The second kappa shape index (κ2) is 5.69. The molecule has 0 aliphatic carbocycles. The summed E-state index contributed by atoms with van der Waals surface area (Å²) >= 11 is 0. The average Bonchev–Trinajstić information content (AvgIpc) is 2.59. The lowest BCUT2D eigenvalue weighted by atomic mass is 10.1. The summed E-state index contributed by atoms with van der Waals surface area (Å²) in [6.07, 6.45) is 2.55. The molecule has 1 saturated heterocycles. The Morgan fingerprint density at radius 3 is 2.71 bits per heavy atom. The normalized spacial score (nSPS) is 21.1. The fraction of sp³-hybridized carbons (Fsp3) is 0.917. The van der Waals surface area contributed by atoms with E-state index >= 15 is 0 Å². The van der Waals surface area contributed by atoms with Crippen molar-refractivity contribution in [3.63, 3.8) is 0 Å². The zero-order chi connectivity index (χ0) is 13.1. The predicted molar refractivity (Wildman–Crippen MR) is 65.0 cm³/mol. The van der Waals surface area contributed by atoms with Crippen LogP contribution in [0.2, 0.25) is 0 Å². The minimum atomic E-state index is -0.446. The van der Waals surface area contributed by atoms with Crippen LogP contribution in [0, 0.1) is 0 Å². The Labute approximate surface area is 103 Å². The molecule has 1 amide bonds. The molecule has 0 spiro atoms. The van der Waals surface area contributed by atoms with E-state index in [-0.39, 0.29) is 12.1 Å². The van der Waals surface area contributed by atoms with Crippen LogP contribution in [0.5, 0.6) is 0 Å². The average molecular weight is 244 g/mol.